The molecule has 0 amide bonds. The van der Waals surface area contributed by atoms with Gasteiger partial charge in [0, 0.05) is 41.2 Å². The molecule has 0 aliphatic carbocycles. The molecule has 2 aromatic carbocycles. The fraction of sp³-hybridized carbons (Fsp3) is 0.278. The molecular weight excluding hydrogens is 644 g/mol. The van der Waals surface area contributed by atoms with Crippen LogP contribution in [0.25, 0.3) is 22.3 Å². The Kier molecular flexibility index (Phi) is 15.3. The van der Waals surface area contributed by atoms with E-state index in [-0.39, 0.29) is 31.0 Å². The number of aromatic nitrogens is 2. The summed E-state index contributed by atoms with van der Waals surface area (Å²) in [6, 6.07) is 23.8. The molecule has 2 heterocycles. The Balaban J connectivity index is 0.000000331. The van der Waals surface area contributed by atoms with Gasteiger partial charge >= 0.3 is 11.9 Å². The molecular formula is C36H42N6O8. The van der Waals surface area contributed by atoms with Crippen LogP contribution in [0.15, 0.2) is 90.3 Å². The van der Waals surface area contributed by atoms with Gasteiger partial charge < -0.3 is 35.1 Å². The van der Waals surface area contributed by atoms with Crippen molar-refractivity contribution in [2.75, 3.05) is 27.4 Å². The van der Waals surface area contributed by atoms with E-state index in [1.165, 1.54) is 14.2 Å². The van der Waals surface area contributed by atoms with Gasteiger partial charge in [0.25, 0.3) is 0 Å². The molecule has 0 spiro atoms. The first kappa shape index (κ1) is 40.1. The van der Waals surface area contributed by atoms with Crippen LogP contribution in [0.4, 0.5) is 0 Å². The monoisotopic (exact) mass is 686 g/mol. The van der Waals surface area contributed by atoms with E-state index in [9.17, 15) is 9.59 Å². The Labute approximate surface area is 290 Å². The maximum absolute atomic E-state index is 11.6. The summed E-state index contributed by atoms with van der Waals surface area (Å²) in [5.74, 6) is 3.76. The van der Waals surface area contributed by atoms with Gasteiger partial charge in [0.1, 0.15) is 13.2 Å². The Morgan fingerprint density at radius 2 is 1.10 bits per heavy atom. The smallest absolute Gasteiger partial charge is 0.314 e. The van der Waals surface area contributed by atoms with Crippen molar-refractivity contribution in [1.29, 1.82) is 5.26 Å². The number of esters is 2. The summed E-state index contributed by atoms with van der Waals surface area (Å²) >= 11 is 0. The Morgan fingerprint density at radius 3 is 1.42 bits per heavy atom. The first-order chi connectivity index (χ1) is 23.8. The molecule has 6 N–H and O–H groups in total. The summed E-state index contributed by atoms with van der Waals surface area (Å²) in [5.41, 5.74) is 9.03. The zero-order chi connectivity index (χ0) is 37.3. The van der Waals surface area contributed by atoms with E-state index in [1.807, 2.05) is 36.4 Å². The van der Waals surface area contributed by atoms with E-state index in [2.05, 4.69) is 27.1 Å². The number of hydrogen-bond acceptors (Lipinski definition) is 13. The average Bonchev–Trinajstić information content (AvgIpc) is 3.16. The summed E-state index contributed by atoms with van der Waals surface area (Å²) in [7, 11) is 2.71. The Morgan fingerprint density at radius 1 is 0.720 bits per heavy atom. The lowest BCUT2D eigenvalue weighted by Gasteiger charge is -2.21. The van der Waals surface area contributed by atoms with Crippen LogP contribution in [0, 0.1) is 22.2 Å². The lowest BCUT2D eigenvalue weighted by Crippen LogP contribution is -2.32. The van der Waals surface area contributed by atoms with Crippen LogP contribution in [0.3, 0.4) is 0 Å². The fourth-order valence-electron chi connectivity index (χ4n) is 4.08. The van der Waals surface area contributed by atoms with Crippen molar-refractivity contribution in [3.8, 4) is 40.1 Å². The highest BCUT2D eigenvalue weighted by Crippen LogP contribution is 2.24. The van der Waals surface area contributed by atoms with E-state index >= 15 is 0 Å². The van der Waals surface area contributed by atoms with Crippen molar-refractivity contribution in [2.24, 2.45) is 27.6 Å². The number of methoxy groups -OCH3 is 2. The average molecular weight is 687 g/mol. The number of hydrogen-bond donors (Lipinski definition) is 4. The highest BCUT2D eigenvalue weighted by atomic mass is 16.5. The topological polar surface area (TPSA) is 225 Å². The maximum Gasteiger partial charge on any atom is 0.314 e. The molecule has 2 aromatic heterocycles. The first-order valence-electron chi connectivity index (χ1n) is 15.0. The summed E-state index contributed by atoms with van der Waals surface area (Å²) in [4.78, 5) is 31.7. The van der Waals surface area contributed by atoms with E-state index < -0.39 is 10.8 Å². The number of nitrogens with zero attached hydrogens (tertiary/aromatic N) is 4. The normalized spacial score (nSPS) is 11.0. The number of nitrogens with two attached hydrogens (primary N) is 2. The highest BCUT2D eigenvalue weighted by Gasteiger charge is 2.30. The zero-order valence-corrected chi connectivity index (χ0v) is 28.8. The molecule has 0 fully saturated rings. The Hall–Kier alpha value is -6.04. The number of benzene rings is 2. The third kappa shape index (κ3) is 11.6. The largest absolute Gasteiger partial charge is 0.476 e. The van der Waals surface area contributed by atoms with Crippen LogP contribution < -0.4 is 21.1 Å². The number of oxime groups is 1. The second-order valence-electron chi connectivity index (χ2n) is 11.9. The van der Waals surface area contributed by atoms with Gasteiger partial charge in [-0.3, -0.25) is 9.59 Å². The van der Waals surface area contributed by atoms with Crippen LogP contribution in [-0.2, 0) is 19.1 Å². The van der Waals surface area contributed by atoms with Crippen LogP contribution in [0.2, 0.25) is 0 Å². The van der Waals surface area contributed by atoms with Crippen molar-refractivity contribution in [1.82, 2.24) is 9.97 Å². The van der Waals surface area contributed by atoms with Gasteiger partial charge in [-0.1, -0.05) is 41.6 Å². The molecule has 0 saturated heterocycles. The highest BCUT2D eigenvalue weighted by molar-refractivity contribution is 5.97. The van der Waals surface area contributed by atoms with E-state index in [0.717, 1.165) is 22.3 Å². The van der Waals surface area contributed by atoms with E-state index in [4.69, 9.17) is 40.4 Å². The van der Waals surface area contributed by atoms with Crippen LogP contribution >= 0.6 is 0 Å². The zero-order valence-electron chi connectivity index (χ0n) is 28.8. The molecule has 0 radical (unpaired) electrons. The molecule has 0 saturated carbocycles. The van der Waals surface area contributed by atoms with Gasteiger partial charge in [0.15, 0.2) is 5.84 Å². The lowest BCUT2D eigenvalue weighted by molar-refractivity contribution is -0.153. The van der Waals surface area contributed by atoms with Gasteiger partial charge in [-0.05, 0) is 63.1 Å². The summed E-state index contributed by atoms with van der Waals surface area (Å²) in [6.07, 6.45) is 3.38. The quantitative estimate of drug-likeness (QED) is 0.0539. The van der Waals surface area contributed by atoms with Gasteiger partial charge in [-0.15, -0.1) is 0 Å². The number of pyridine rings is 2. The van der Waals surface area contributed by atoms with Crippen molar-refractivity contribution >= 4 is 17.8 Å². The van der Waals surface area contributed by atoms with Crippen molar-refractivity contribution in [3.05, 3.63) is 96.3 Å². The molecule has 14 nitrogen and oxygen atoms in total. The lowest BCUT2D eigenvalue weighted by atomic mass is 9.95. The fourth-order valence-corrected chi connectivity index (χ4v) is 4.08. The number of rotatable bonds is 11. The van der Waals surface area contributed by atoms with Gasteiger partial charge in [0.05, 0.1) is 36.7 Å². The predicted molar refractivity (Wildman–Crippen MR) is 185 cm³/mol. The maximum atomic E-state index is 11.6. The minimum atomic E-state index is -0.751. The standard InChI is InChI=1S/C18H21N3O4.C18H18N2O3.H3NO/c1-18(2,17(22)24-3)11-25-15-9-8-14(10-20-15)12-4-6-13(7-5-12)16(19)21-23;1-18(2,17(21)22-3)12-23-16-9-8-15(11-20-16)14-6-4-13(10-19)5-7-14;1-2/h4-10,23H,11H2,1-3H3,(H2,19,21);4-9,11H,12H2,1-3H3;2H,1H2. The minimum absolute atomic E-state index is 0.0571. The molecule has 0 bridgehead atoms. The van der Waals surface area contributed by atoms with Gasteiger partial charge in [0.2, 0.25) is 11.8 Å². The number of nitriles is 1. The number of amidine groups is 1. The SMILES string of the molecule is COC(=O)C(C)(C)COc1ccc(-c2ccc(C#N)cc2)cn1.COC(=O)C(C)(C)COc1ccc(-c2ccc(C(N)=NO)cc2)cn1.NO. The molecule has 0 aliphatic rings. The van der Waals surface area contributed by atoms with Crippen LogP contribution in [0.1, 0.15) is 38.8 Å². The first-order valence-corrected chi connectivity index (χ1v) is 15.0. The summed E-state index contributed by atoms with van der Waals surface area (Å²) in [5, 5.41) is 26.9. The van der Waals surface area contributed by atoms with Gasteiger partial charge in [-0.25, -0.2) is 15.9 Å². The molecule has 0 unspecified atom stereocenters. The molecule has 0 atom stereocenters. The Bertz CT molecular complexity index is 1730. The minimum Gasteiger partial charge on any atom is -0.476 e. The molecule has 4 rings (SSSR count). The van der Waals surface area contributed by atoms with Crippen molar-refractivity contribution in [2.45, 2.75) is 27.7 Å². The second kappa shape index (κ2) is 19.1. The van der Waals surface area contributed by atoms with E-state index in [1.54, 1.807) is 76.5 Å². The summed E-state index contributed by atoms with van der Waals surface area (Å²) in [6.45, 7) is 7.35. The molecule has 264 valence electrons. The van der Waals surface area contributed by atoms with Crippen molar-refractivity contribution < 1.29 is 39.0 Å². The second-order valence-corrected chi connectivity index (χ2v) is 11.9. The van der Waals surface area contributed by atoms with Crippen molar-refractivity contribution in [3.63, 3.8) is 0 Å². The number of carbonyl (C=O) groups excluding carboxylic acids is 2. The molecule has 14 heteroatoms. The number of carbonyl (C=O) groups is 2. The molecule has 50 heavy (non-hydrogen) atoms. The van der Waals surface area contributed by atoms with Gasteiger partial charge in [-0.2, -0.15) is 5.26 Å². The van der Waals surface area contributed by atoms with Crippen LogP contribution in [-0.4, -0.2) is 65.6 Å². The predicted octanol–water partition coefficient (Wildman–Crippen LogP) is 4.95. The third-order valence-corrected chi connectivity index (χ3v) is 7.08. The summed E-state index contributed by atoms with van der Waals surface area (Å²) < 4.78 is 20.6. The van der Waals surface area contributed by atoms with Crippen LogP contribution in [0.5, 0.6) is 11.8 Å². The molecule has 4 aromatic rings. The molecule has 0 aliphatic heterocycles. The third-order valence-electron chi connectivity index (χ3n) is 7.08. The number of ether oxygens (including phenoxy) is 4. The van der Waals surface area contributed by atoms with E-state index in [0.29, 0.717) is 22.9 Å².